The molecule has 0 radical (unpaired) electrons. The Hall–Kier alpha value is -0.510. The first-order chi connectivity index (χ1) is 8.12. The van der Waals surface area contributed by atoms with E-state index in [9.17, 15) is 0 Å². The molecule has 1 aliphatic rings. The molecule has 1 heterocycles. The van der Waals surface area contributed by atoms with Gasteiger partial charge in [-0.3, -0.25) is 0 Å². The summed E-state index contributed by atoms with van der Waals surface area (Å²) in [7, 11) is 4.35. The van der Waals surface area contributed by atoms with E-state index in [1.54, 1.807) is 6.07 Å². The Morgan fingerprint density at radius 3 is 2.59 bits per heavy atom. The van der Waals surface area contributed by atoms with Gasteiger partial charge in [0.15, 0.2) is 5.22 Å². The molecule has 3 nitrogen and oxygen atoms in total. The van der Waals surface area contributed by atoms with Gasteiger partial charge >= 0.3 is 0 Å². The number of furan rings is 1. The minimum Gasteiger partial charge on any atom is -0.448 e. The van der Waals surface area contributed by atoms with Gasteiger partial charge in [-0.25, -0.2) is 0 Å². The Bertz CT molecular complexity index is 356. The Balaban J connectivity index is 1.84. The lowest BCUT2D eigenvalue weighted by atomic mass is 9.96. The Kier molecular flexibility index (Phi) is 4.13. The molecule has 1 aromatic rings. The normalized spacial score (nSPS) is 19.1. The van der Waals surface area contributed by atoms with Crippen LogP contribution in [-0.2, 0) is 6.54 Å². The molecule has 1 N–H and O–H groups in total. The Labute approximate surface area is 108 Å². The first-order valence-electron chi connectivity index (χ1n) is 6.25. The molecular formula is C13H21ClN2O. The average molecular weight is 257 g/mol. The molecule has 1 fully saturated rings. The van der Waals surface area contributed by atoms with Gasteiger partial charge in [0.05, 0.1) is 6.54 Å². The predicted octanol–water partition coefficient (Wildman–Crippen LogP) is 2.90. The number of hydrogen-bond donors (Lipinski definition) is 1. The first kappa shape index (κ1) is 12.9. The van der Waals surface area contributed by atoms with Gasteiger partial charge in [-0.05, 0) is 50.7 Å². The first-order valence-corrected chi connectivity index (χ1v) is 6.63. The fourth-order valence-corrected chi connectivity index (χ4v) is 2.84. The van der Waals surface area contributed by atoms with Gasteiger partial charge in [-0.1, -0.05) is 12.8 Å². The molecule has 0 spiro atoms. The fraction of sp³-hybridized carbons (Fsp3) is 0.692. The SMILES string of the molecule is CN(C)C1(CNCc2ccc(Cl)o2)CCCC1. The number of likely N-dealkylation sites (N-methyl/N-ethyl adjacent to an activating group) is 1. The van der Waals surface area contributed by atoms with Crippen LogP contribution in [-0.4, -0.2) is 31.1 Å². The summed E-state index contributed by atoms with van der Waals surface area (Å²) in [6.45, 7) is 1.76. The Morgan fingerprint density at radius 2 is 2.06 bits per heavy atom. The molecule has 1 aliphatic carbocycles. The molecule has 0 aromatic carbocycles. The summed E-state index contributed by atoms with van der Waals surface area (Å²) in [5.41, 5.74) is 0.330. The summed E-state index contributed by atoms with van der Waals surface area (Å²) in [5, 5.41) is 3.95. The maximum Gasteiger partial charge on any atom is 0.193 e. The van der Waals surface area contributed by atoms with Crippen LogP contribution in [0.15, 0.2) is 16.5 Å². The molecule has 4 heteroatoms. The molecule has 0 atom stereocenters. The smallest absolute Gasteiger partial charge is 0.193 e. The van der Waals surface area contributed by atoms with E-state index in [2.05, 4.69) is 24.3 Å². The van der Waals surface area contributed by atoms with Gasteiger partial charge in [0.1, 0.15) is 5.76 Å². The number of hydrogen-bond acceptors (Lipinski definition) is 3. The van der Waals surface area contributed by atoms with E-state index < -0.39 is 0 Å². The number of halogens is 1. The molecule has 0 aliphatic heterocycles. The highest BCUT2D eigenvalue weighted by atomic mass is 35.5. The third-order valence-electron chi connectivity index (χ3n) is 3.87. The maximum absolute atomic E-state index is 5.74. The monoisotopic (exact) mass is 256 g/mol. The number of nitrogens with zero attached hydrogens (tertiary/aromatic N) is 1. The quantitative estimate of drug-likeness (QED) is 0.878. The lowest BCUT2D eigenvalue weighted by Gasteiger charge is -2.36. The van der Waals surface area contributed by atoms with Gasteiger partial charge in [0.2, 0.25) is 0 Å². The van der Waals surface area contributed by atoms with Crippen LogP contribution in [0.25, 0.3) is 0 Å². The molecule has 2 rings (SSSR count). The summed E-state index contributed by atoms with van der Waals surface area (Å²) >= 11 is 5.74. The van der Waals surface area contributed by atoms with Crippen molar-refractivity contribution in [3.63, 3.8) is 0 Å². The molecular weight excluding hydrogens is 236 g/mol. The Morgan fingerprint density at radius 1 is 1.35 bits per heavy atom. The number of nitrogens with one attached hydrogen (secondary N) is 1. The van der Waals surface area contributed by atoms with E-state index in [1.165, 1.54) is 25.7 Å². The lowest BCUT2D eigenvalue weighted by Crippen LogP contribution is -2.49. The zero-order chi connectivity index (χ0) is 12.3. The van der Waals surface area contributed by atoms with Crippen molar-refractivity contribution in [2.24, 2.45) is 0 Å². The second kappa shape index (κ2) is 5.42. The summed E-state index contributed by atoms with van der Waals surface area (Å²) < 4.78 is 5.33. The van der Waals surface area contributed by atoms with Crippen LogP contribution in [0.5, 0.6) is 0 Å². The zero-order valence-corrected chi connectivity index (χ0v) is 11.4. The number of rotatable bonds is 5. The molecule has 0 saturated heterocycles. The summed E-state index contributed by atoms with van der Waals surface area (Å²) in [6.07, 6.45) is 5.25. The fourth-order valence-electron chi connectivity index (χ4n) is 2.68. The van der Waals surface area contributed by atoms with Crippen LogP contribution in [0, 0.1) is 0 Å². The third-order valence-corrected chi connectivity index (χ3v) is 4.07. The minimum atomic E-state index is 0.330. The van der Waals surface area contributed by atoms with Gasteiger partial charge < -0.3 is 14.6 Å². The van der Waals surface area contributed by atoms with Crippen LogP contribution in [0.1, 0.15) is 31.4 Å². The van der Waals surface area contributed by atoms with Crippen molar-refractivity contribution < 1.29 is 4.42 Å². The molecule has 0 bridgehead atoms. The van der Waals surface area contributed by atoms with E-state index in [-0.39, 0.29) is 0 Å². The van der Waals surface area contributed by atoms with Gasteiger partial charge in [-0.2, -0.15) is 0 Å². The van der Waals surface area contributed by atoms with Crippen molar-refractivity contribution >= 4 is 11.6 Å². The molecule has 0 amide bonds. The van der Waals surface area contributed by atoms with Crippen LogP contribution < -0.4 is 5.32 Å². The predicted molar refractivity (Wildman–Crippen MR) is 70.3 cm³/mol. The molecule has 1 aromatic heterocycles. The van der Waals surface area contributed by atoms with Crippen molar-refractivity contribution in [3.8, 4) is 0 Å². The molecule has 0 unspecified atom stereocenters. The molecule has 17 heavy (non-hydrogen) atoms. The van der Waals surface area contributed by atoms with Gasteiger partial charge in [-0.15, -0.1) is 0 Å². The third kappa shape index (κ3) is 3.03. The van der Waals surface area contributed by atoms with Gasteiger partial charge in [0.25, 0.3) is 0 Å². The van der Waals surface area contributed by atoms with Crippen LogP contribution in [0.4, 0.5) is 0 Å². The summed E-state index contributed by atoms with van der Waals surface area (Å²) in [4.78, 5) is 2.36. The van der Waals surface area contributed by atoms with Crippen molar-refractivity contribution in [1.82, 2.24) is 10.2 Å². The maximum atomic E-state index is 5.74. The standard InChI is InChI=1S/C13H21ClN2O/c1-16(2)13(7-3-4-8-13)10-15-9-11-5-6-12(14)17-11/h5-6,15H,3-4,7-10H2,1-2H3. The van der Waals surface area contributed by atoms with Gasteiger partial charge in [0, 0.05) is 12.1 Å². The van der Waals surface area contributed by atoms with Crippen LogP contribution in [0.3, 0.4) is 0 Å². The van der Waals surface area contributed by atoms with Crippen molar-refractivity contribution in [1.29, 1.82) is 0 Å². The van der Waals surface area contributed by atoms with Crippen molar-refractivity contribution in [2.45, 2.75) is 37.8 Å². The second-order valence-corrected chi connectivity index (χ2v) is 5.51. The van der Waals surface area contributed by atoms with E-state index in [0.717, 1.165) is 18.8 Å². The highest BCUT2D eigenvalue weighted by Gasteiger charge is 2.35. The van der Waals surface area contributed by atoms with E-state index in [4.69, 9.17) is 16.0 Å². The largest absolute Gasteiger partial charge is 0.448 e. The lowest BCUT2D eigenvalue weighted by molar-refractivity contribution is 0.152. The van der Waals surface area contributed by atoms with E-state index >= 15 is 0 Å². The van der Waals surface area contributed by atoms with Crippen LogP contribution >= 0.6 is 11.6 Å². The van der Waals surface area contributed by atoms with Crippen LogP contribution in [0.2, 0.25) is 5.22 Å². The molecule has 1 saturated carbocycles. The second-order valence-electron chi connectivity index (χ2n) is 5.14. The van der Waals surface area contributed by atoms with Crippen molar-refractivity contribution in [2.75, 3.05) is 20.6 Å². The van der Waals surface area contributed by atoms with E-state index in [1.807, 2.05) is 6.07 Å². The van der Waals surface area contributed by atoms with Crippen molar-refractivity contribution in [3.05, 3.63) is 23.1 Å². The highest BCUT2D eigenvalue weighted by Crippen LogP contribution is 2.33. The van der Waals surface area contributed by atoms with E-state index in [0.29, 0.717) is 10.8 Å². The highest BCUT2D eigenvalue weighted by molar-refractivity contribution is 6.28. The zero-order valence-electron chi connectivity index (χ0n) is 10.6. The molecule has 96 valence electrons. The minimum absolute atomic E-state index is 0.330. The average Bonchev–Trinajstić information content (AvgIpc) is 2.89. The topological polar surface area (TPSA) is 28.4 Å². The summed E-state index contributed by atoms with van der Waals surface area (Å²) in [6, 6.07) is 3.71. The summed E-state index contributed by atoms with van der Waals surface area (Å²) in [5.74, 6) is 0.905.